The molecular weight excluding hydrogens is 460 g/mol. The van der Waals surface area contributed by atoms with E-state index in [1.165, 1.54) is 17.1 Å². The summed E-state index contributed by atoms with van der Waals surface area (Å²) in [6.07, 6.45) is 1.85. The molecule has 0 bridgehead atoms. The zero-order chi connectivity index (χ0) is 25.3. The molecule has 3 aromatic carbocycles. The van der Waals surface area contributed by atoms with Gasteiger partial charge >= 0.3 is 12.0 Å². The van der Waals surface area contributed by atoms with E-state index in [0.29, 0.717) is 36.6 Å². The summed E-state index contributed by atoms with van der Waals surface area (Å²) in [7, 11) is 0. The number of amides is 3. The fraction of sp³-hybridized carbons (Fsp3) is 0.222. The molecule has 1 aliphatic heterocycles. The van der Waals surface area contributed by atoms with Gasteiger partial charge in [-0.1, -0.05) is 24.3 Å². The predicted octanol–water partition coefficient (Wildman–Crippen LogP) is 4.95. The molecule has 4 N–H and O–H groups in total. The molecule has 9 nitrogen and oxygen atoms in total. The zero-order valence-corrected chi connectivity index (χ0v) is 19.6. The number of nitrogens with one attached hydrogen (secondary N) is 3. The molecule has 0 aliphatic carbocycles. The largest absolute Gasteiger partial charge is 0.478 e. The van der Waals surface area contributed by atoms with Crippen molar-refractivity contribution in [3.8, 4) is 11.5 Å². The van der Waals surface area contributed by atoms with Gasteiger partial charge in [-0.2, -0.15) is 0 Å². The average molecular weight is 489 g/mol. The van der Waals surface area contributed by atoms with Crippen molar-refractivity contribution in [3.05, 3.63) is 84.4 Å². The highest BCUT2D eigenvalue weighted by atomic mass is 16.5. The van der Waals surface area contributed by atoms with Crippen molar-refractivity contribution in [3.63, 3.8) is 0 Å². The molecule has 1 aliphatic rings. The second-order valence-corrected chi connectivity index (χ2v) is 8.53. The molecule has 1 fully saturated rings. The molecule has 0 saturated carbocycles. The molecule has 1 unspecified atom stereocenters. The van der Waals surface area contributed by atoms with Crippen LogP contribution in [-0.2, 0) is 4.79 Å². The smallest absolute Gasteiger partial charge is 0.336 e. The van der Waals surface area contributed by atoms with Gasteiger partial charge in [0.15, 0.2) is 0 Å². The summed E-state index contributed by atoms with van der Waals surface area (Å²) in [5.41, 5.74) is 4.29. The molecule has 4 rings (SSSR count). The summed E-state index contributed by atoms with van der Waals surface area (Å²) in [5, 5.41) is 16.2. The van der Waals surface area contributed by atoms with E-state index in [1.54, 1.807) is 36.4 Å². The third kappa shape index (κ3) is 7.07. The summed E-state index contributed by atoms with van der Waals surface area (Å²) in [6.45, 7) is 0.950. The van der Waals surface area contributed by atoms with Gasteiger partial charge in [-0.25, -0.2) is 15.0 Å². The molecule has 0 spiro atoms. The predicted molar refractivity (Wildman–Crippen MR) is 136 cm³/mol. The summed E-state index contributed by atoms with van der Waals surface area (Å²) in [6, 6.07) is 22.4. The van der Waals surface area contributed by atoms with E-state index in [0.717, 1.165) is 18.6 Å². The number of carboxylic acids is 1. The first-order valence-corrected chi connectivity index (χ1v) is 11.7. The van der Waals surface area contributed by atoms with E-state index in [4.69, 9.17) is 9.84 Å². The standard InChI is InChI=1S/C27H28N4O5/c32-25(29-21-11-13-24(14-12-21)36-23-9-2-1-3-10-23)16-19-6-5-15-31(28-18-19)27(35)30-22-8-4-7-20(17-22)26(33)34/h1-4,7-14,17,19,28H,5-6,15-16,18H2,(H,29,32)(H,30,35)(H,33,34). The van der Waals surface area contributed by atoms with Crippen molar-refractivity contribution in [2.24, 2.45) is 5.92 Å². The molecule has 3 aromatic rings. The SMILES string of the molecule is O=C(CC1CCCN(C(=O)Nc2cccc(C(=O)O)c2)NC1)Nc1ccc(Oc2ccccc2)cc1. The van der Waals surface area contributed by atoms with Gasteiger partial charge in [-0.05, 0) is 73.4 Å². The lowest BCUT2D eigenvalue weighted by molar-refractivity contribution is -0.117. The summed E-state index contributed by atoms with van der Waals surface area (Å²) in [5.74, 6) is 0.337. The number of carboxylic acid groups (broad SMARTS) is 1. The molecule has 36 heavy (non-hydrogen) atoms. The Labute approximate surface area is 209 Å². The number of anilines is 2. The van der Waals surface area contributed by atoms with Crippen molar-refractivity contribution in [2.75, 3.05) is 23.7 Å². The number of carbonyl (C=O) groups excluding carboxylic acids is 2. The second kappa shape index (κ2) is 11.9. The number of aromatic carboxylic acids is 1. The molecule has 1 heterocycles. The van der Waals surface area contributed by atoms with Crippen LogP contribution in [0.1, 0.15) is 29.6 Å². The Balaban J connectivity index is 1.24. The lowest BCUT2D eigenvalue weighted by Gasteiger charge is -2.22. The van der Waals surface area contributed by atoms with E-state index in [-0.39, 0.29) is 23.4 Å². The Hall–Kier alpha value is -4.37. The molecular formula is C27H28N4O5. The van der Waals surface area contributed by atoms with Crippen LogP contribution in [-0.4, -0.2) is 41.1 Å². The Morgan fingerprint density at radius 3 is 2.42 bits per heavy atom. The fourth-order valence-corrected chi connectivity index (χ4v) is 3.93. The number of ether oxygens (including phenoxy) is 1. The Morgan fingerprint density at radius 1 is 0.917 bits per heavy atom. The topological polar surface area (TPSA) is 120 Å². The highest BCUT2D eigenvalue weighted by Crippen LogP contribution is 2.23. The van der Waals surface area contributed by atoms with E-state index in [2.05, 4.69) is 16.1 Å². The van der Waals surface area contributed by atoms with Gasteiger partial charge in [-0.3, -0.25) is 9.80 Å². The minimum absolute atomic E-state index is 0.0684. The van der Waals surface area contributed by atoms with Gasteiger partial charge in [0.05, 0.1) is 5.56 Å². The van der Waals surface area contributed by atoms with Crippen molar-refractivity contribution >= 4 is 29.3 Å². The number of hydrogen-bond acceptors (Lipinski definition) is 5. The number of hydrazine groups is 1. The summed E-state index contributed by atoms with van der Waals surface area (Å²) in [4.78, 5) is 36.4. The van der Waals surface area contributed by atoms with Gasteiger partial charge in [0.1, 0.15) is 11.5 Å². The van der Waals surface area contributed by atoms with Crippen molar-refractivity contribution in [2.45, 2.75) is 19.3 Å². The lowest BCUT2D eigenvalue weighted by Crippen LogP contribution is -2.46. The molecule has 0 aromatic heterocycles. The molecule has 0 radical (unpaired) electrons. The summed E-state index contributed by atoms with van der Waals surface area (Å²) >= 11 is 0. The van der Waals surface area contributed by atoms with Crippen molar-refractivity contribution in [1.29, 1.82) is 0 Å². The first kappa shape index (κ1) is 24.7. The average Bonchev–Trinajstić information content (AvgIpc) is 3.11. The maximum absolute atomic E-state index is 12.6. The maximum Gasteiger partial charge on any atom is 0.336 e. The monoisotopic (exact) mass is 488 g/mol. The normalized spacial score (nSPS) is 15.4. The third-order valence-electron chi connectivity index (χ3n) is 5.76. The van der Waals surface area contributed by atoms with Crippen LogP contribution in [0.5, 0.6) is 11.5 Å². The molecule has 186 valence electrons. The van der Waals surface area contributed by atoms with Crippen LogP contribution in [0, 0.1) is 5.92 Å². The van der Waals surface area contributed by atoms with E-state index < -0.39 is 5.97 Å². The quantitative estimate of drug-likeness (QED) is 0.373. The van der Waals surface area contributed by atoms with Crippen LogP contribution in [0.25, 0.3) is 0 Å². The third-order valence-corrected chi connectivity index (χ3v) is 5.76. The van der Waals surface area contributed by atoms with Gasteiger partial charge < -0.3 is 20.5 Å². The number of nitrogens with zero attached hydrogens (tertiary/aromatic N) is 1. The Kier molecular flexibility index (Phi) is 8.15. The van der Waals surface area contributed by atoms with Crippen LogP contribution in [0.2, 0.25) is 0 Å². The Bertz CT molecular complexity index is 1200. The van der Waals surface area contributed by atoms with Crippen LogP contribution in [0.4, 0.5) is 16.2 Å². The molecule has 9 heteroatoms. The first-order chi connectivity index (χ1) is 17.5. The van der Waals surface area contributed by atoms with E-state index in [1.807, 2.05) is 30.3 Å². The zero-order valence-electron chi connectivity index (χ0n) is 19.6. The number of urea groups is 1. The van der Waals surface area contributed by atoms with Crippen molar-refractivity contribution in [1.82, 2.24) is 10.4 Å². The van der Waals surface area contributed by atoms with Gasteiger partial charge in [0.2, 0.25) is 5.91 Å². The van der Waals surface area contributed by atoms with Crippen LogP contribution in [0.3, 0.4) is 0 Å². The van der Waals surface area contributed by atoms with Crippen LogP contribution < -0.4 is 20.8 Å². The minimum Gasteiger partial charge on any atom is -0.478 e. The van der Waals surface area contributed by atoms with E-state index >= 15 is 0 Å². The number of rotatable bonds is 7. The highest BCUT2D eigenvalue weighted by molar-refractivity contribution is 5.93. The number of para-hydroxylation sites is 1. The van der Waals surface area contributed by atoms with Crippen LogP contribution >= 0.6 is 0 Å². The first-order valence-electron chi connectivity index (χ1n) is 11.7. The second-order valence-electron chi connectivity index (χ2n) is 8.53. The molecule has 1 atom stereocenters. The lowest BCUT2D eigenvalue weighted by atomic mass is 9.99. The maximum atomic E-state index is 12.6. The van der Waals surface area contributed by atoms with E-state index in [9.17, 15) is 14.4 Å². The van der Waals surface area contributed by atoms with Crippen molar-refractivity contribution < 1.29 is 24.2 Å². The van der Waals surface area contributed by atoms with Gasteiger partial charge in [0, 0.05) is 30.9 Å². The number of carbonyl (C=O) groups is 3. The summed E-state index contributed by atoms with van der Waals surface area (Å²) < 4.78 is 5.77. The molecule has 1 saturated heterocycles. The highest BCUT2D eigenvalue weighted by Gasteiger charge is 2.22. The molecule has 3 amide bonds. The Morgan fingerprint density at radius 2 is 1.67 bits per heavy atom. The van der Waals surface area contributed by atoms with Crippen LogP contribution in [0.15, 0.2) is 78.9 Å². The number of hydrogen-bond donors (Lipinski definition) is 4. The number of benzene rings is 3. The van der Waals surface area contributed by atoms with Gasteiger partial charge in [0.25, 0.3) is 0 Å². The minimum atomic E-state index is -1.06. The fourth-order valence-electron chi connectivity index (χ4n) is 3.93. The van der Waals surface area contributed by atoms with Gasteiger partial charge in [-0.15, -0.1) is 0 Å².